The second kappa shape index (κ2) is 6.49. The maximum atomic E-state index is 6.16. The van der Waals surface area contributed by atoms with E-state index in [0.717, 1.165) is 5.92 Å². The van der Waals surface area contributed by atoms with Crippen LogP contribution in [0.1, 0.15) is 46.0 Å². The monoisotopic (exact) mass is 226 g/mol. The maximum absolute atomic E-state index is 6.16. The zero-order chi connectivity index (χ0) is 11.3. The van der Waals surface area contributed by atoms with Crippen molar-refractivity contribution in [2.75, 3.05) is 0 Å². The Labute approximate surface area is 96.6 Å². The van der Waals surface area contributed by atoms with Crippen molar-refractivity contribution in [1.29, 1.82) is 0 Å². The fraction of sp³-hybridized carbons (Fsp3) is 0.846. The van der Waals surface area contributed by atoms with Crippen LogP contribution in [0, 0.1) is 5.92 Å². The molecule has 1 fully saturated rings. The summed E-state index contributed by atoms with van der Waals surface area (Å²) in [7, 11) is -0.903. The van der Waals surface area contributed by atoms with Gasteiger partial charge in [-0.15, -0.1) is 0 Å². The third-order valence-corrected chi connectivity index (χ3v) is 3.90. The molecule has 1 aliphatic rings. The molecule has 1 aliphatic carbocycles. The first kappa shape index (κ1) is 13.0. The molecule has 0 N–H and O–H groups in total. The Kier molecular flexibility index (Phi) is 5.62. The first-order valence-electron chi connectivity index (χ1n) is 6.40. The smallest absolute Gasteiger partial charge is 0.171 e. The van der Waals surface area contributed by atoms with Crippen molar-refractivity contribution >= 4 is 9.04 Å². The average molecular weight is 226 g/mol. The molecule has 1 atom stereocenters. The summed E-state index contributed by atoms with van der Waals surface area (Å²) in [5.74, 6) is 0.795. The lowest BCUT2D eigenvalue weighted by atomic mass is 9.85. The Morgan fingerprint density at radius 3 is 2.27 bits per heavy atom. The summed E-state index contributed by atoms with van der Waals surface area (Å²) < 4.78 is 6.16. The lowest BCUT2D eigenvalue weighted by molar-refractivity contribution is 0.147. The van der Waals surface area contributed by atoms with Gasteiger partial charge in [-0.3, -0.25) is 0 Å². The van der Waals surface area contributed by atoms with E-state index >= 15 is 0 Å². The lowest BCUT2D eigenvalue weighted by Crippen LogP contribution is -2.28. The van der Waals surface area contributed by atoms with Gasteiger partial charge in [0.2, 0.25) is 0 Å². The highest BCUT2D eigenvalue weighted by Crippen LogP contribution is 2.29. The van der Waals surface area contributed by atoms with Gasteiger partial charge >= 0.3 is 0 Å². The molecule has 0 radical (unpaired) electrons. The van der Waals surface area contributed by atoms with Crippen molar-refractivity contribution in [3.63, 3.8) is 0 Å². The van der Waals surface area contributed by atoms with E-state index in [1.54, 1.807) is 0 Å². The molecule has 0 bridgehead atoms. The van der Waals surface area contributed by atoms with E-state index in [0.29, 0.717) is 6.10 Å². The molecule has 0 heterocycles. The van der Waals surface area contributed by atoms with Crippen LogP contribution in [0.15, 0.2) is 11.6 Å². The average Bonchev–Trinajstić information content (AvgIpc) is 2.17. The summed E-state index contributed by atoms with van der Waals surface area (Å²) in [4.78, 5) is 0. The number of rotatable bonds is 4. The summed E-state index contributed by atoms with van der Waals surface area (Å²) in [6, 6.07) is 0. The minimum atomic E-state index is -0.903. The highest BCUT2D eigenvalue weighted by atomic mass is 28.3. The summed E-state index contributed by atoms with van der Waals surface area (Å²) >= 11 is 0. The molecule has 1 saturated carbocycles. The predicted molar refractivity (Wildman–Crippen MR) is 69.8 cm³/mol. The lowest BCUT2D eigenvalue weighted by Gasteiger charge is -2.30. The van der Waals surface area contributed by atoms with E-state index in [2.05, 4.69) is 33.0 Å². The van der Waals surface area contributed by atoms with E-state index in [1.165, 1.54) is 37.7 Å². The molecule has 0 saturated heterocycles. The van der Waals surface area contributed by atoms with Crippen molar-refractivity contribution in [1.82, 2.24) is 0 Å². The number of allylic oxidation sites excluding steroid dienone is 1. The molecule has 0 aromatic carbocycles. The van der Waals surface area contributed by atoms with E-state index in [9.17, 15) is 0 Å². The van der Waals surface area contributed by atoms with Crippen LogP contribution < -0.4 is 0 Å². The molecule has 1 unspecified atom stereocenters. The van der Waals surface area contributed by atoms with Crippen molar-refractivity contribution in [2.24, 2.45) is 5.92 Å². The van der Waals surface area contributed by atoms with Crippen LogP contribution in [0.3, 0.4) is 0 Å². The summed E-state index contributed by atoms with van der Waals surface area (Å²) in [5, 5.41) is 0. The Morgan fingerprint density at radius 1 is 1.20 bits per heavy atom. The van der Waals surface area contributed by atoms with E-state index in [1.807, 2.05) is 0 Å². The SMILES string of the molecule is CC(C)=CC(O[SiH](C)C)C1CCCCC1. The van der Waals surface area contributed by atoms with Crippen molar-refractivity contribution in [3.8, 4) is 0 Å². The van der Waals surface area contributed by atoms with Gasteiger partial charge in [-0.25, -0.2) is 0 Å². The predicted octanol–water partition coefficient (Wildman–Crippen LogP) is 3.90. The van der Waals surface area contributed by atoms with Crippen LogP contribution in [-0.2, 0) is 4.43 Å². The van der Waals surface area contributed by atoms with Gasteiger partial charge < -0.3 is 4.43 Å². The van der Waals surface area contributed by atoms with Crippen LogP contribution in [0.4, 0.5) is 0 Å². The van der Waals surface area contributed by atoms with Crippen molar-refractivity contribution in [2.45, 2.75) is 65.1 Å². The molecule has 0 aromatic heterocycles. The van der Waals surface area contributed by atoms with Gasteiger partial charge in [0.15, 0.2) is 9.04 Å². The fourth-order valence-electron chi connectivity index (χ4n) is 2.39. The van der Waals surface area contributed by atoms with Gasteiger partial charge in [-0.2, -0.15) is 0 Å². The van der Waals surface area contributed by atoms with Crippen LogP contribution in [-0.4, -0.2) is 15.1 Å². The molecule has 0 aromatic rings. The van der Waals surface area contributed by atoms with Crippen LogP contribution >= 0.6 is 0 Å². The Morgan fingerprint density at radius 2 is 1.80 bits per heavy atom. The quantitative estimate of drug-likeness (QED) is 0.522. The van der Waals surface area contributed by atoms with Gasteiger partial charge in [0, 0.05) is 0 Å². The molecule has 0 aliphatic heterocycles. The molecule has 15 heavy (non-hydrogen) atoms. The first-order chi connectivity index (χ1) is 7.09. The minimum Gasteiger partial charge on any atom is -0.414 e. The second-order valence-corrected chi connectivity index (χ2v) is 7.66. The Bertz CT molecular complexity index is 201. The van der Waals surface area contributed by atoms with E-state index < -0.39 is 9.04 Å². The standard InChI is InChI=1S/C13H26OSi/c1-11(2)10-13(14-15(3)4)12-8-6-5-7-9-12/h10,12-13,15H,5-9H2,1-4H3. The van der Waals surface area contributed by atoms with Crippen LogP contribution in [0.5, 0.6) is 0 Å². The topological polar surface area (TPSA) is 9.23 Å². The summed E-state index contributed by atoms with van der Waals surface area (Å²) in [6.45, 7) is 8.91. The highest BCUT2D eigenvalue weighted by molar-refractivity contribution is 6.48. The molecule has 88 valence electrons. The molecule has 0 spiro atoms. The molecule has 1 nitrogen and oxygen atoms in total. The van der Waals surface area contributed by atoms with Gasteiger partial charge in [-0.1, -0.05) is 30.9 Å². The molecule has 2 heteroatoms. The Hall–Kier alpha value is -0.0831. The molecule has 0 amide bonds. The largest absolute Gasteiger partial charge is 0.414 e. The fourth-order valence-corrected chi connectivity index (χ4v) is 3.32. The molecular weight excluding hydrogens is 200 g/mol. The second-order valence-electron chi connectivity index (χ2n) is 5.29. The Balaban J connectivity index is 2.57. The van der Waals surface area contributed by atoms with Gasteiger partial charge in [0.25, 0.3) is 0 Å². The van der Waals surface area contributed by atoms with Crippen LogP contribution in [0.2, 0.25) is 13.1 Å². The first-order valence-corrected chi connectivity index (χ1v) is 9.18. The third-order valence-electron chi connectivity index (χ3n) is 3.04. The van der Waals surface area contributed by atoms with E-state index in [-0.39, 0.29) is 0 Å². The van der Waals surface area contributed by atoms with Gasteiger partial charge in [0.1, 0.15) is 0 Å². The zero-order valence-corrected chi connectivity index (χ0v) is 11.9. The van der Waals surface area contributed by atoms with Gasteiger partial charge in [0.05, 0.1) is 6.10 Å². The maximum Gasteiger partial charge on any atom is 0.171 e. The van der Waals surface area contributed by atoms with Crippen molar-refractivity contribution in [3.05, 3.63) is 11.6 Å². The zero-order valence-electron chi connectivity index (χ0n) is 10.8. The van der Waals surface area contributed by atoms with E-state index in [4.69, 9.17) is 4.43 Å². The highest BCUT2D eigenvalue weighted by Gasteiger charge is 2.23. The number of hydrogen-bond donors (Lipinski definition) is 0. The third kappa shape index (κ3) is 4.98. The summed E-state index contributed by atoms with van der Waals surface area (Å²) in [5.41, 5.74) is 1.40. The van der Waals surface area contributed by atoms with Crippen LogP contribution in [0.25, 0.3) is 0 Å². The van der Waals surface area contributed by atoms with Crippen molar-refractivity contribution < 1.29 is 4.43 Å². The van der Waals surface area contributed by atoms with Gasteiger partial charge in [-0.05, 0) is 45.7 Å². The normalized spacial score (nSPS) is 20.3. The number of hydrogen-bond acceptors (Lipinski definition) is 1. The summed E-state index contributed by atoms with van der Waals surface area (Å²) in [6.07, 6.45) is 9.74. The minimum absolute atomic E-state index is 0.418. The molecular formula is C13H26OSi. The molecule has 1 rings (SSSR count).